The van der Waals surface area contributed by atoms with E-state index in [9.17, 15) is 4.79 Å². The fourth-order valence-corrected chi connectivity index (χ4v) is 1.91. The van der Waals surface area contributed by atoms with Gasteiger partial charge in [-0.3, -0.25) is 4.79 Å². The van der Waals surface area contributed by atoms with E-state index in [2.05, 4.69) is 0 Å². The molecule has 0 aliphatic heterocycles. The van der Waals surface area contributed by atoms with Gasteiger partial charge in [0.25, 0.3) is 0 Å². The van der Waals surface area contributed by atoms with Crippen molar-refractivity contribution in [1.82, 2.24) is 0 Å². The van der Waals surface area contributed by atoms with E-state index in [1.54, 1.807) is 18.2 Å². The van der Waals surface area contributed by atoms with Crippen LogP contribution in [0.25, 0.3) is 0 Å². The molecule has 0 aliphatic carbocycles. The Balaban J connectivity index is 3.09. The molecule has 0 saturated carbocycles. The number of carboxylic acid groups (broad SMARTS) is 1. The summed E-state index contributed by atoms with van der Waals surface area (Å²) >= 11 is 11.8. The van der Waals surface area contributed by atoms with Crippen molar-refractivity contribution in [2.75, 3.05) is 0 Å². The van der Waals surface area contributed by atoms with Crippen molar-refractivity contribution < 1.29 is 9.90 Å². The van der Waals surface area contributed by atoms with Crippen LogP contribution in [0.4, 0.5) is 0 Å². The maximum Gasteiger partial charge on any atom is 0.311 e. The Morgan fingerprint density at radius 1 is 1.47 bits per heavy atom. The Hall–Kier alpha value is -0.730. The van der Waals surface area contributed by atoms with Gasteiger partial charge in [-0.1, -0.05) is 36.5 Å². The van der Waals surface area contributed by atoms with Gasteiger partial charge < -0.3 is 5.11 Å². The molecule has 82 valence electrons. The third-order valence-corrected chi connectivity index (χ3v) is 2.79. The van der Waals surface area contributed by atoms with Gasteiger partial charge >= 0.3 is 5.97 Å². The predicted molar refractivity (Wildman–Crippen MR) is 61.7 cm³/mol. The smallest absolute Gasteiger partial charge is 0.311 e. The molecule has 0 saturated heterocycles. The molecule has 0 spiro atoms. The van der Waals surface area contributed by atoms with Crippen LogP contribution in [0.15, 0.2) is 18.2 Å². The highest BCUT2D eigenvalue weighted by molar-refractivity contribution is 6.33. The van der Waals surface area contributed by atoms with Crippen molar-refractivity contribution in [3.05, 3.63) is 33.8 Å². The lowest BCUT2D eigenvalue weighted by atomic mass is 9.95. The quantitative estimate of drug-likeness (QED) is 0.874. The molecule has 0 aromatic heterocycles. The molecular formula is C11H12Cl2O2. The molecule has 1 rings (SSSR count). The zero-order chi connectivity index (χ0) is 11.4. The lowest BCUT2D eigenvalue weighted by molar-refractivity contribution is -0.139. The molecule has 15 heavy (non-hydrogen) atoms. The molecule has 1 N–H and O–H groups in total. The first-order valence-corrected chi connectivity index (χ1v) is 5.49. The first-order valence-electron chi connectivity index (χ1n) is 4.74. The van der Waals surface area contributed by atoms with E-state index in [0.717, 1.165) is 6.42 Å². The third kappa shape index (κ3) is 3.11. The van der Waals surface area contributed by atoms with Crippen molar-refractivity contribution in [3.63, 3.8) is 0 Å². The summed E-state index contributed by atoms with van der Waals surface area (Å²) in [5.41, 5.74) is 0.596. The second kappa shape index (κ2) is 5.38. The van der Waals surface area contributed by atoms with Crippen molar-refractivity contribution in [1.29, 1.82) is 0 Å². The molecule has 0 amide bonds. The highest BCUT2D eigenvalue weighted by Gasteiger charge is 2.21. The summed E-state index contributed by atoms with van der Waals surface area (Å²) in [7, 11) is 0. The van der Waals surface area contributed by atoms with Gasteiger partial charge in [-0.15, -0.1) is 0 Å². The summed E-state index contributed by atoms with van der Waals surface area (Å²) in [4.78, 5) is 11.1. The van der Waals surface area contributed by atoms with Crippen LogP contribution in [-0.4, -0.2) is 11.1 Å². The summed E-state index contributed by atoms with van der Waals surface area (Å²) < 4.78 is 0. The number of benzene rings is 1. The molecule has 0 aliphatic rings. The molecule has 0 fully saturated rings. The fraction of sp³-hybridized carbons (Fsp3) is 0.364. The zero-order valence-corrected chi connectivity index (χ0v) is 9.85. The van der Waals surface area contributed by atoms with Crippen molar-refractivity contribution >= 4 is 29.2 Å². The Morgan fingerprint density at radius 3 is 2.67 bits per heavy atom. The first kappa shape index (κ1) is 12.3. The lowest BCUT2D eigenvalue weighted by Crippen LogP contribution is -2.11. The predicted octanol–water partition coefficient (Wildman–Crippen LogP) is 3.96. The minimum atomic E-state index is -0.860. The number of rotatable bonds is 4. The molecule has 1 atom stereocenters. The zero-order valence-electron chi connectivity index (χ0n) is 8.34. The van der Waals surface area contributed by atoms with Crippen LogP contribution in [0.1, 0.15) is 31.2 Å². The normalized spacial score (nSPS) is 12.5. The van der Waals surface area contributed by atoms with Crippen LogP contribution >= 0.6 is 23.2 Å². The summed E-state index contributed by atoms with van der Waals surface area (Å²) in [5.74, 6) is -1.43. The van der Waals surface area contributed by atoms with E-state index >= 15 is 0 Å². The minimum Gasteiger partial charge on any atom is -0.481 e. The SMILES string of the molecule is CCCC(C(=O)O)c1cc(Cl)ccc1Cl. The molecule has 0 heterocycles. The fourth-order valence-electron chi connectivity index (χ4n) is 1.48. The molecule has 1 aromatic rings. The molecule has 1 unspecified atom stereocenters. The standard InChI is InChI=1S/C11H12Cl2O2/c1-2-3-8(11(14)15)9-6-7(12)4-5-10(9)13/h4-6,8H,2-3H2,1H3,(H,14,15). The minimum absolute atomic E-state index is 0.459. The van der Waals surface area contributed by atoms with Crippen LogP contribution in [0.2, 0.25) is 10.0 Å². The van der Waals surface area contributed by atoms with Gasteiger partial charge in [0.15, 0.2) is 0 Å². The van der Waals surface area contributed by atoms with Gasteiger partial charge in [0.2, 0.25) is 0 Å². The Labute approximate surface area is 98.8 Å². The maximum atomic E-state index is 11.1. The average Bonchev–Trinajstić information content (AvgIpc) is 2.18. The summed E-state index contributed by atoms with van der Waals surface area (Å²) in [6, 6.07) is 4.90. The lowest BCUT2D eigenvalue weighted by Gasteiger charge is -2.13. The van der Waals surface area contributed by atoms with E-state index in [-0.39, 0.29) is 0 Å². The van der Waals surface area contributed by atoms with Crippen LogP contribution in [0.5, 0.6) is 0 Å². The summed E-state index contributed by atoms with van der Waals surface area (Å²) in [6.45, 7) is 1.94. The number of aliphatic carboxylic acids is 1. The average molecular weight is 247 g/mol. The van der Waals surface area contributed by atoms with Crippen molar-refractivity contribution in [2.24, 2.45) is 0 Å². The third-order valence-electron chi connectivity index (χ3n) is 2.21. The van der Waals surface area contributed by atoms with E-state index in [4.69, 9.17) is 28.3 Å². The monoisotopic (exact) mass is 246 g/mol. The summed E-state index contributed by atoms with van der Waals surface area (Å²) in [6.07, 6.45) is 1.36. The number of carboxylic acids is 1. The van der Waals surface area contributed by atoms with E-state index < -0.39 is 11.9 Å². The van der Waals surface area contributed by atoms with Crippen LogP contribution in [-0.2, 0) is 4.79 Å². The number of hydrogen-bond donors (Lipinski definition) is 1. The summed E-state index contributed by atoms with van der Waals surface area (Å²) in [5, 5.41) is 10.0. The molecule has 0 radical (unpaired) electrons. The van der Waals surface area contributed by atoms with Crippen LogP contribution < -0.4 is 0 Å². The molecule has 2 nitrogen and oxygen atoms in total. The number of carbonyl (C=O) groups is 1. The molecule has 0 bridgehead atoms. The van der Waals surface area contributed by atoms with Gasteiger partial charge in [0, 0.05) is 10.0 Å². The Kier molecular flexibility index (Phi) is 4.43. The Morgan fingerprint density at radius 2 is 2.13 bits per heavy atom. The molecule has 1 aromatic carbocycles. The van der Waals surface area contributed by atoms with Gasteiger partial charge in [-0.05, 0) is 30.2 Å². The highest BCUT2D eigenvalue weighted by atomic mass is 35.5. The van der Waals surface area contributed by atoms with Gasteiger partial charge in [-0.25, -0.2) is 0 Å². The van der Waals surface area contributed by atoms with E-state index in [1.165, 1.54) is 0 Å². The topological polar surface area (TPSA) is 37.3 Å². The molecule has 4 heteroatoms. The molecular weight excluding hydrogens is 235 g/mol. The van der Waals surface area contributed by atoms with Gasteiger partial charge in [0.1, 0.15) is 0 Å². The second-order valence-corrected chi connectivity index (χ2v) is 4.19. The largest absolute Gasteiger partial charge is 0.481 e. The second-order valence-electron chi connectivity index (χ2n) is 3.35. The van der Waals surface area contributed by atoms with Crippen molar-refractivity contribution in [2.45, 2.75) is 25.7 Å². The van der Waals surface area contributed by atoms with E-state index in [0.29, 0.717) is 22.0 Å². The van der Waals surface area contributed by atoms with Gasteiger partial charge in [0.05, 0.1) is 5.92 Å². The van der Waals surface area contributed by atoms with Crippen LogP contribution in [0.3, 0.4) is 0 Å². The highest BCUT2D eigenvalue weighted by Crippen LogP contribution is 2.30. The van der Waals surface area contributed by atoms with Crippen molar-refractivity contribution in [3.8, 4) is 0 Å². The number of halogens is 2. The first-order chi connectivity index (χ1) is 7.06. The van der Waals surface area contributed by atoms with Crippen LogP contribution in [0, 0.1) is 0 Å². The number of hydrogen-bond acceptors (Lipinski definition) is 1. The maximum absolute atomic E-state index is 11.1. The Bertz CT molecular complexity index is 364. The van der Waals surface area contributed by atoms with E-state index in [1.807, 2.05) is 6.92 Å². The van der Waals surface area contributed by atoms with Gasteiger partial charge in [-0.2, -0.15) is 0 Å².